The molecule has 0 aromatic carbocycles. The maximum absolute atomic E-state index is 12.4. The fourth-order valence-corrected chi connectivity index (χ4v) is 3.93. The molecular formula is C10H15N3O4S. The Morgan fingerprint density at radius 3 is 2.78 bits per heavy atom. The Morgan fingerprint density at radius 2 is 2.22 bits per heavy atom. The minimum atomic E-state index is -3.79. The molecule has 1 atom stereocenters. The van der Waals surface area contributed by atoms with Crippen molar-refractivity contribution in [1.82, 2.24) is 14.1 Å². The largest absolute Gasteiger partial charge is 0.480 e. The number of aromatic nitrogens is 2. The van der Waals surface area contributed by atoms with E-state index in [2.05, 4.69) is 5.10 Å². The van der Waals surface area contributed by atoms with E-state index in [4.69, 9.17) is 5.11 Å². The van der Waals surface area contributed by atoms with Crippen LogP contribution in [0.2, 0.25) is 0 Å². The van der Waals surface area contributed by atoms with Gasteiger partial charge in [0.15, 0.2) is 5.03 Å². The fourth-order valence-electron chi connectivity index (χ4n) is 2.17. The highest BCUT2D eigenvalue weighted by molar-refractivity contribution is 7.89. The van der Waals surface area contributed by atoms with Crippen LogP contribution >= 0.6 is 0 Å². The Morgan fingerprint density at radius 1 is 1.50 bits per heavy atom. The van der Waals surface area contributed by atoms with E-state index in [1.807, 2.05) is 0 Å². The molecule has 1 saturated heterocycles. The monoisotopic (exact) mass is 273 g/mol. The molecule has 7 nitrogen and oxygen atoms in total. The minimum Gasteiger partial charge on any atom is -0.480 e. The molecule has 0 spiro atoms. The first kappa shape index (κ1) is 13.0. The van der Waals surface area contributed by atoms with Gasteiger partial charge in [-0.15, -0.1) is 0 Å². The number of carbonyl (C=O) groups is 1. The van der Waals surface area contributed by atoms with Gasteiger partial charge in [0, 0.05) is 13.6 Å². The molecule has 1 aliphatic heterocycles. The highest BCUT2D eigenvalue weighted by Gasteiger charge is 2.38. The van der Waals surface area contributed by atoms with Crippen LogP contribution in [0.15, 0.2) is 17.3 Å². The van der Waals surface area contributed by atoms with Crippen molar-refractivity contribution in [2.45, 2.75) is 30.3 Å². The molecule has 100 valence electrons. The third-order valence-corrected chi connectivity index (χ3v) is 5.07. The number of rotatable bonds is 3. The molecule has 18 heavy (non-hydrogen) atoms. The Hall–Kier alpha value is -1.41. The smallest absolute Gasteiger partial charge is 0.322 e. The van der Waals surface area contributed by atoms with E-state index < -0.39 is 22.0 Å². The van der Waals surface area contributed by atoms with Gasteiger partial charge in [-0.25, -0.2) is 8.42 Å². The lowest BCUT2D eigenvalue weighted by atomic mass is 10.1. The average molecular weight is 273 g/mol. The number of sulfonamides is 1. The number of aliphatic carboxylic acids is 1. The lowest BCUT2D eigenvalue weighted by Crippen LogP contribution is -2.48. The summed E-state index contributed by atoms with van der Waals surface area (Å²) in [5, 5.41) is 12.9. The van der Waals surface area contributed by atoms with Crippen molar-refractivity contribution in [3.05, 3.63) is 12.3 Å². The van der Waals surface area contributed by atoms with Gasteiger partial charge in [-0.3, -0.25) is 9.48 Å². The highest BCUT2D eigenvalue weighted by atomic mass is 32.2. The summed E-state index contributed by atoms with van der Waals surface area (Å²) in [6.45, 7) is 0.241. The number of piperidine rings is 1. The molecule has 0 aliphatic carbocycles. The first-order valence-corrected chi connectivity index (χ1v) is 7.11. The lowest BCUT2D eigenvalue weighted by Gasteiger charge is -2.31. The summed E-state index contributed by atoms with van der Waals surface area (Å²) in [5.74, 6) is -1.10. The molecule has 1 aliphatic rings. The maximum Gasteiger partial charge on any atom is 0.322 e. The second-order valence-corrected chi connectivity index (χ2v) is 6.10. The van der Waals surface area contributed by atoms with Gasteiger partial charge in [-0.1, -0.05) is 0 Å². The molecule has 8 heteroatoms. The van der Waals surface area contributed by atoms with Crippen molar-refractivity contribution < 1.29 is 18.3 Å². The Labute approximate surface area is 105 Å². The number of nitrogens with zero attached hydrogens (tertiary/aromatic N) is 3. The first-order valence-electron chi connectivity index (χ1n) is 5.67. The van der Waals surface area contributed by atoms with Crippen molar-refractivity contribution >= 4 is 16.0 Å². The number of carboxylic acid groups (broad SMARTS) is 1. The molecule has 2 rings (SSSR count). The van der Waals surface area contributed by atoms with Crippen LogP contribution in [0.4, 0.5) is 0 Å². The zero-order valence-corrected chi connectivity index (χ0v) is 10.8. The van der Waals surface area contributed by atoms with E-state index in [1.165, 1.54) is 24.0 Å². The predicted octanol–water partition coefficient (Wildman–Crippen LogP) is 0.0479. The Balaban J connectivity index is 2.39. The predicted molar refractivity (Wildman–Crippen MR) is 62.4 cm³/mol. The van der Waals surface area contributed by atoms with Gasteiger partial charge in [-0.05, 0) is 25.3 Å². The van der Waals surface area contributed by atoms with Crippen molar-refractivity contribution in [1.29, 1.82) is 0 Å². The van der Waals surface area contributed by atoms with Gasteiger partial charge in [0.25, 0.3) is 10.0 Å². The van der Waals surface area contributed by atoms with Gasteiger partial charge in [-0.2, -0.15) is 9.40 Å². The zero-order chi connectivity index (χ0) is 13.3. The lowest BCUT2D eigenvalue weighted by molar-refractivity contribution is -0.142. The van der Waals surface area contributed by atoms with Crippen LogP contribution in [-0.2, 0) is 21.9 Å². The molecule has 1 aromatic rings. The van der Waals surface area contributed by atoms with Gasteiger partial charge < -0.3 is 5.11 Å². The third-order valence-electron chi connectivity index (χ3n) is 3.09. The Kier molecular flexibility index (Phi) is 3.40. The normalized spacial score (nSPS) is 21.9. The maximum atomic E-state index is 12.4. The molecule has 0 bridgehead atoms. The van der Waals surface area contributed by atoms with E-state index in [0.717, 1.165) is 10.7 Å². The van der Waals surface area contributed by atoms with Crippen LogP contribution in [0.3, 0.4) is 0 Å². The van der Waals surface area contributed by atoms with E-state index in [1.54, 1.807) is 0 Å². The average Bonchev–Trinajstić information content (AvgIpc) is 2.76. The second kappa shape index (κ2) is 4.69. The third kappa shape index (κ3) is 2.13. The number of hydrogen-bond acceptors (Lipinski definition) is 4. The van der Waals surface area contributed by atoms with Crippen LogP contribution in [0.25, 0.3) is 0 Å². The van der Waals surface area contributed by atoms with Crippen molar-refractivity contribution in [2.75, 3.05) is 6.54 Å². The summed E-state index contributed by atoms with van der Waals surface area (Å²) in [6.07, 6.45) is 3.15. The van der Waals surface area contributed by atoms with Gasteiger partial charge in [0.2, 0.25) is 0 Å². The summed E-state index contributed by atoms with van der Waals surface area (Å²) in [6, 6.07) is 0.404. The first-order chi connectivity index (χ1) is 8.44. The van der Waals surface area contributed by atoms with E-state index in [9.17, 15) is 13.2 Å². The van der Waals surface area contributed by atoms with Crippen LogP contribution < -0.4 is 0 Å². The van der Waals surface area contributed by atoms with Crippen LogP contribution in [-0.4, -0.2) is 46.2 Å². The molecule has 1 fully saturated rings. The minimum absolute atomic E-state index is 0.0237. The van der Waals surface area contributed by atoms with E-state index in [-0.39, 0.29) is 11.6 Å². The molecule has 0 radical (unpaired) electrons. The summed E-state index contributed by atoms with van der Waals surface area (Å²) in [4.78, 5) is 11.1. The fraction of sp³-hybridized carbons (Fsp3) is 0.600. The van der Waals surface area contributed by atoms with Crippen molar-refractivity contribution in [2.24, 2.45) is 7.05 Å². The summed E-state index contributed by atoms with van der Waals surface area (Å²) >= 11 is 0. The van der Waals surface area contributed by atoms with Crippen LogP contribution in [0.1, 0.15) is 19.3 Å². The number of carboxylic acids is 1. The van der Waals surface area contributed by atoms with Gasteiger partial charge >= 0.3 is 5.97 Å². The molecule has 1 N–H and O–H groups in total. The van der Waals surface area contributed by atoms with Gasteiger partial charge in [0.05, 0.1) is 6.20 Å². The van der Waals surface area contributed by atoms with Crippen LogP contribution in [0.5, 0.6) is 0 Å². The molecule has 0 unspecified atom stereocenters. The molecule has 0 saturated carbocycles. The quantitative estimate of drug-likeness (QED) is 0.840. The number of hydrogen-bond donors (Lipinski definition) is 1. The molecule has 2 heterocycles. The van der Waals surface area contributed by atoms with Gasteiger partial charge in [0.1, 0.15) is 6.04 Å². The van der Waals surface area contributed by atoms with E-state index >= 15 is 0 Å². The second-order valence-electron chi connectivity index (χ2n) is 4.26. The van der Waals surface area contributed by atoms with Crippen molar-refractivity contribution in [3.8, 4) is 0 Å². The molecule has 1 aromatic heterocycles. The molecule has 0 amide bonds. The Bertz CT molecular complexity index is 551. The molecular weight excluding hydrogens is 258 g/mol. The SMILES string of the molecule is Cn1nccc1S(=O)(=O)N1CCCC[C@@H]1C(=O)O. The van der Waals surface area contributed by atoms with Crippen LogP contribution in [0, 0.1) is 0 Å². The highest BCUT2D eigenvalue weighted by Crippen LogP contribution is 2.25. The topological polar surface area (TPSA) is 92.5 Å². The van der Waals surface area contributed by atoms with E-state index in [0.29, 0.717) is 12.8 Å². The summed E-state index contributed by atoms with van der Waals surface area (Å²) < 4.78 is 27.1. The summed E-state index contributed by atoms with van der Waals surface area (Å²) in [7, 11) is -2.27. The summed E-state index contributed by atoms with van der Waals surface area (Å²) in [5.41, 5.74) is 0. The zero-order valence-electron chi connectivity index (χ0n) is 9.98. The standard InChI is InChI=1S/C10H15N3O4S/c1-12-9(5-6-11-12)18(16,17)13-7-3-2-4-8(13)10(14)15/h5-6,8H,2-4,7H2,1H3,(H,14,15)/t8-/m1/s1. The number of aryl methyl sites for hydroxylation is 1. The van der Waals surface area contributed by atoms with Crippen molar-refractivity contribution in [3.63, 3.8) is 0 Å².